The maximum Gasteiger partial charge on any atom is 0.193 e. The molecular weight excluding hydrogens is 312 g/mol. The first-order chi connectivity index (χ1) is 12.3. The standard InChI is InChI=1S/C19H26N6/c1-16-6-7-17(15-23-16)8-10-22-19(20-2)25-13-11-24(12-14-25)18-5-3-4-9-21-18/h3-7,9,15H,8,10-14H2,1-2H3,(H,20,22). The van der Waals surface area contributed by atoms with Crippen molar-refractivity contribution in [1.82, 2.24) is 20.2 Å². The summed E-state index contributed by atoms with van der Waals surface area (Å²) in [4.78, 5) is 17.9. The van der Waals surface area contributed by atoms with Gasteiger partial charge in [0.25, 0.3) is 0 Å². The Kier molecular flexibility index (Phi) is 5.82. The minimum Gasteiger partial charge on any atom is -0.356 e. The van der Waals surface area contributed by atoms with Gasteiger partial charge in [-0.2, -0.15) is 0 Å². The minimum absolute atomic E-state index is 0.859. The molecular formula is C19H26N6. The predicted molar refractivity (Wildman–Crippen MR) is 102 cm³/mol. The molecule has 3 heterocycles. The highest BCUT2D eigenvalue weighted by Crippen LogP contribution is 2.12. The number of hydrogen-bond acceptors (Lipinski definition) is 4. The van der Waals surface area contributed by atoms with Crippen LogP contribution < -0.4 is 10.2 Å². The van der Waals surface area contributed by atoms with E-state index in [1.54, 1.807) is 0 Å². The Balaban J connectivity index is 1.47. The first-order valence-corrected chi connectivity index (χ1v) is 8.79. The molecule has 6 heteroatoms. The summed E-state index contributed by atoms with van der Waals surface area (Å²) < 4.78 is 0. The number of nitrogens with zero attached hydrogens (tertiary/aromatic N) is 5. The molecule has 0 radical (unpaired) electrons. The van der Waals surface area contributed by atoms with Crippen LogP contribution in [0.15, 0.2) is 47.7 Å². The first kappa shape index (κ1) is 17.2. The molecule has 2 aromatic rings. The Morgan fingerprint density at radius 3 is 2.60 bits per heavy atom. The van der Waals surface area contributed by atoms with E-state index in [-0.39, 0.29) is 0 Å². The molecule has 3 rings (SSSR count). The molecule has 0 atom stereocenters. The van der Waals surface area contributed by atoms with Crippen molar-refractivity contribution in [1.29, 1.82) is 0 Å². The molecule has 2 aromatic heterocycles. The molecule has 1 aliphatic heterocycles. The van der Waals surface area contributed by atoms with Gasteiger partial charge in [0.1, 0.15) is 5.82 Å². The highest BCUT2D eigenvalue weighted by atomic mass is 15.4. The van der Waals surface area contributed by atoms with Crippen molar-refractivity contribution in [2.45, 2.75) is 13.3 Å². The quantitative estimate of drug-likeness (QED) is 0.680. The summed E-state index contributed by atoms with van der Waals surface area (Å²) in [6.45, 7) is 6.68. The third kappa shape index (κ3) is 4.68. The Hall–Kier alpha value is -2.63. The molecule has 0 unspecified atom stereocenters. The van der Waals surface area contributed by atoms with E-state index >= 15 is 0 Å². The molecule has 0 spiro atoms. The monoisotopic (exact) mass is 338 g/mol. The lowest BCUT2D eigenvalue weighted by atomic mass is 10.2. The van der Waals surface area contributed by atoms with E-state index in [1.165, 1.54) is 5.56 Å². The van der Waals surface area contributed by atoms with E-state index in [2.05, 4.69) is 48.3 Å². The van der Waals surface area contributed by atoms with Gasteiger partial charge < -0.3 is 15.1 Å². The number of hydrogen-bond donors (Lipinski definition) is 1. The highest BCUT2D eigenvalue weighted by Gasteiger charge is 2.20. The summed E-state index contributed by atoms with van der Waals surface area (Å²) in [5, 5.41) is 3.47. The third-order valence-corrected chi connectivity index (χ3v) is 4.43. The number of guanidine groups is 1. The van der Waals surface area contributed by atoms with Crippen molar-refractivity contribution in [2.24, 2.45) is 4.99 Å². The molecule has 0 amide bonds. The van der Waals surface area contributed by atoms with E-state index in [0.717, 1.165) is 56.6 Å². The third-order valence-electron chi connectivity index (χ3n) is 4.43. The van der Waals surface area contributed by atoms with Crippen molar-refractivity contribution in [2.75, 3.05) is 44.7 Å². The fourth-order valence-corrected chi connectivity index (χ4v) is 2.99. The summed E-state index contributed by atoms with van der Waals surface area (Å²) in [6, 6.07) is 10.3. The lowest BCUT2D eigenvalue weighted by Gasteiger charge is -2.37. The van der Waals surface area contributed by atoms with Crippen molar-refractivity contribution in [3.05, 3.63) is 54.0 Å². The van der Waals surface area contributed by atoms with E-state index in [4.69, 9.17) is 0 Å². The average Bonchev–Trinajstić information content (AvgIpc) is 2.68. The van der Waals surface area contributed by atoms with Gasteiger partial charge in [-0.1, -0.05) is 12.1 Å². The maximum atomic E-state index is 4.44. The van der Waals surface area contributed by atoms with Gasteiger partial charge in [0.15, 0.2) is 5.96 Å². The van der Waals surface area contributed by atoms with E-state index in [9.17, 15) is 0 Å². The molecule has 0 bridgehead atoms. The molecule has 1 N–H and O–H groups in total. The topological polar surface area (TPSA) is 56.7 Å². The maximum absolute atomic E-state index is 4.44. The van der Waals surface area contributed by atoms with Gasteiger partial charge in [0, 0.05) is 57.9 Å². The normalized spacial score (nSPS) is 15.4. The Bertz CT molecular complexity index is 675. The molecule has 1 saturated heterocycles. The second-order valence-electron chi connectivity index (χ2n) is 6.19. The van der Waals surface area contributed by atoms with Crippen LogP contribution in [0.5, 0.6) is 0 Å². The largest absolute Gasteiger partial charge is 0.356 e. The average molecular weight is 338 g/mol. The van der Waals surface area contributed by atoms with Crippen LogP contribution >= 0.6 is 0 Å². The van der Waals surface area contributed by atoms with Crippen molar-refractivity contribution < 1.29 is 0 Å². The number of aliphatic imine (C=N–C) groups is 1. The zero-order chi connectivity index (χ0) is 17.5. The van der Waals surface area contributed by atoms with Gasteiger partial charge in [-0.15, -0.1) is 0 Å². The summed E-state index contributed by atoms with van der Waals surface area (Å²) in [7, 11) is 1.85. The molecule has 132 valence electrons. The van der Waals surface area contributed by atoms with E-state index in [1.807, 2.05) is 38.5 Å². The molecule has 1 aliphatic rings. The van der Waals surface area contributed by atoms with E-state index < -0.39 is 0 Å². The summed E-state index contributed by atoms with van der Waals surface area (Å²) in [6.07, 6.45) is 4.74. The number of pyridine rings is 2. The first-order valence-electron chi connectivity index (χ1n) is 8.79. The van der Waals surface area contributed by atoms with Crippen LogP contribution in [0.1, 0.15) is 11.3 Å². The Morgan fingerprint density at radius 2 is 1.96 bits per heavy atom. The van der Waals surface area contributed by atoms with Gasteiger partial charge in [-0.3, -0.25) is 9.98 Å². The minimum atomic E-state index is 0.859. The van der Waals surface area contributed by atoms with E-state index in [0.29, 0.717) is 0 Å². The van der Waals surface area contributed by atoms with Crippen LogP contribution in [0.25, 0.3) is 0 Å². The summed E-state index contributed by atoms with van der Waals surface area (Å²) in [5.41, 5.74) is 2.30. The Morgan fingerprint density at radius 1 is 1.12 bits per heavy atom. The lowest BCUT2D eigenvalue weighted by molar-refractivity contribution is 0.372. The van der Waals surface area contributed by atoms with Crippen LogP contribution in [0.4, 0.5) is 5.82 Å². The zero-order valence-corrected chi connectivity index (χ0v) is 15.0. The number of anilines is 1. The molecule has 25 heavy (non-hydrogen) atoms. The van der Waals surface area contributed by atoms with Crippen LogP contribution in [0, 0.1) is 6.92 Å². The number of rotatable bonds is 4. The summed E-state index contributed by atoms with van der Waals surface area (Å²) in [5.74, 6) is 2.03. The molecule has 0 aromatic carbocycles. The van der Waals surface area contributed by atoms with Gasteiger partial charge in [0.05, 0.1) is 0 Å². The van der Waals surface area contributed by atoms with Crippen molar-refractivity contribution >= 4 is 11.8 Å². The summed E-state index contributed by atoms with van der Waals surface area (Å²) >= 11 is 0. The zero-order valence-electron chi connectivity index (χ0n) is 15.0. The highest BCUT2D eigenvalue weighted by molar-refractivity contribution is 5.80. The van der Waals surface area contributed by atoms with Crippen LogP contribution in [-0.4, -0.2) is 60.6 Å². The number of piperazine rings is 1. The number of nitrogens with one attached hydrogen (secondary N) is 1. The molecule has 6 nitrogen and oxygen atoms in total. The second-order valence-corrected chi connectivity index (χ2v) is 6.19. The van der Waals surface area contributed by atoms with Gasteiger partial charge in [-0.25, -0.2) is 4.98 Å². The fraction of sp³-hybridized carbons (Fsp3) is 0.421. The fourth-order valence-electron chi connectivity index (χ4n) is 2.99. The SMILES string of the molecule is CN=C(NCCc1ccc(C)nc1)N1CCN(c2ccccn2)CC1. The number of aryl methyl sites for hydroxylation is 1. The lowest BCUT2D eigenvalue weighted by Crippen LogP contribution is -2.53. The van der Waals surface area contributed by atoms with Gasteiger partial charge in [-0.05, 0) is 37.1 Å². The van der Waals surface area contributed by atoms with Gasteiger partial charge >= 0.3 is 0 Å². The Labute approximate surface area is 149 Å². The van der Waals surface area contributed by atoms with Gasteiger partial charge in [0.2, 0.25) is 0 Å². The molecule has 1 fully saturated rings. The molecule has 0 aliphatic carbocycles. The predicted octanol–water partition coefficient (Wildman–Crippen LogP) is 1.73. The van der Waals surface area contributed by atoms with Crippen LogP contribution in [-0.2, 0) is 6.42 Å². The van der Waals surface area contributed by atoms with Crippen molar-refractivity contribution in [3.8, 4) is 0 Å². The van der Waals surface area contributed by atoms with Crippen LogP contribution in [0.3, 0.4) is 0 Å². The second kappa shape index (κ2) is 8.46. The van der Waals surface area contributed by atoms with Crippen LogP contribution in [0.2, 0.25) is 0 Å². The molecule has 0 saturated carbocycles. The number of aromatic nitrogens is 2. The smallest absolute Gasteiger partial charge is 0.193 e. The van der Waals surface area contributed by atoms with Crippen molar-refractivity contribution in [3.63, 3.8) is 0 Å².